The van der Waals surface area contributed by atoms with Crippen molar-refractivity contribution in [1.82, 2.24) is 9.97 Å². The third-order valence-electron chi connectivity index (χ3n) is 11.9. The zero-order valence-corrected chi connectivity index (χ0v) is 31.2. The van der Waals surface area contributed by atoms with Gasteiger partial charge in [-0.3, -0.25) is 4.90 Å². The SMILES string of the molecule is CC1(C)c2ccccc2-c2ccc(-c3ccc4c(c3)C=Cc3ccccc3N4c3nc(-c4ccc(-c5cccc6ccccc56)cc4)c4ccccc4n3)cc21. The molecule has 0 amide bonds. The fourth-order valence-corrected chi connectivity index (χ4v) is 8.98. The van der Waals surface area contributed by atoms with Crippen LogP contribution in [-0.4, -0.2) is 9.97 Å². The molecule has 2 heterocycles. The molecule has 1 aromatic heterocycles. The predicted molar refractivity (Wildman–Crippen MR) is 235 cm³/mol. The van der Waals surface area contributed by atoms with Gasteiger partial charge in [0.1, 0.15) is 0 Å². The summed E-state index contributed by atoms with van der Waals surface area (Å²) in [5.74, 6) is 0.638. The molecule has 0 saturated carbocycles. The molecular formula is C53H37N3. The number of benzene rings is 8. The van der Waals surface area contributed by atoms with Crippen LogP contribution in [0.1, 0.15) is 36.1 Å². The number of rotatable bonds is 4. The Balaban J connectivity index is 1.03. The number of hydrogen-bond acceptors (Lipinski definition) is 3. The van der Waals surface area contributed by atoms with Gasteiger partial charge in [-0.2, -0.15) is 0 Å². The van der Waals surface area contributed by atoms with Gasteiger partial charge in [-0.25, -0.2) is 9.97 Å². The minimum atomic E-state index is -0.0622. The molecule has 1 aliphatic heterocycles. The molecule has 3 nitrogen and oxygen atoms in total. The van der Waals surface area contributed by atoms with E-state index in [1.165, 1.54) is 55.3 Å². The molecule has 0 fully saturated rings. The molecule has 264 valence electrons. The lowest BCUT2D eigenvalue weighted by atomic mass is 9.81. The Morgan fingerprint density at radius 3 is 1.96 bits per heavy atom. The Bertz CT molecular complexity index is 3060. The van der Waals surface area contributed by atoms with E-state index in [0.717, 1.165) is 44.7 Å². The van der Waals surface area contributed by atoms with Crippen molar-refractivity contribution in [3.63, 3.8) is 0 Å². The van der Waals surface area contributed by atoms with Crippen LogP contribution in [0.2, 0.25) is 0 Å². The Kier molecular flexibility index (Phi) is 7.20. The smallest absolute Gasteiger partial charge is 0.235 e. The lowest BCUT2D eigenvalue weighted by Gasteiger charge is -2.26. The van der Waals surface area contributed by atoms with Crippen LogP contribution in [0.3, 0.4) is 0 Å². The maximum absolute atomic E-state index is 5.43. The molecular weight excluding hydrogens is 679 g/mol. The maximum Gasteiger partial charge on any atom is 0.235 e. The fourth-order valence-electron chi connectivity index (χ4n) is 8.98. The third-order valence-corrected chi connectivity index (χ3v) is 11.9. The summed E-state index contributed by atoms with van der Waals surface area (Å²) >= 11 is 0. The average Bonchev–Trinajstić information content (AvgIpc) is 3.36. The van der Waals surface area contributed by atoms with E-state index in [-0.39, 0.29) is 5.41 Å². The second-order valence-electron chi connectivity index (χ2n) is 15.4. The van der Waals surface area contributed by atoms with Crippen molar-refractivity contribution in [2.75, 3.05) is 4.90 Å². The van der Waals surface area contributed by atoms with Crippen molar-refractivity contribution < 1.29 is 0 Å². The minimum absolute atomic E-state index is 0.0622. The van der Waals surface area contributed by atoms with Crippen LogP contribution in [0, 0.1) is 0 Å². The highest BCUT2D eigenvalue weighted by Crippen LogP contribution is 2.50. The lowest BCUT2D eigenvalue weighted by Crippen LogP contribution is -2.15. The van der Waals surface area contributed by atoms with Crippen LogP contribution in [0.25, 0.3) is 78.5 Å². The van der Waals surface area contributed by atoms with Crippen molar-refractivity contribution >= 4 is 51.2 Å². The fraction of sp³-hybridized carbons (Fsp3) is 0.0566. The normalized spacial score (nSPS) is 13.6. The summed E-state index contributed by atoms with van der Waals surface area (Å²) in [4.78, 5) is 12.9. The van der Waals surface area contributed by atoms with E-state index in [0.29, 0.717) is 5.95 Å². The van der Waals surface area contributed by atoms with Crippen LogP contribution < -0.4 is 4.90 Å². The number of fused-ring (bicyclic) bond motifs is 7. The largest absolute Gasteiger partial charge is 0.278 e. The third kappa shape index (κ3) is 5.05. The molecule has 0 bridgehead atoms. The van der Waals surface area contributed by atoms with Crippen LogP contribution >= 0.6 is 0 Å². The van der Waals surface area contributed by atoms with Gasteiger partial charge in [0.2, 0.25) is 5.95 Å². The molecule has 0 spiro atoms. The summed E-state index contributed by atoms with van der Waals surface area (Å²) in [6.45, 7) is 4.68. The number of nitrogens with zero attached hydrogens (tertiary/aromatic N) is 3. The van der Waals surface area contributed by atoms with Crippen LogP contribution in [-0.2, 0) is 5.41 Å². The standard InChI is InChI=1S/C53H37N3/c1-53(2)46-19-8-6-16-43(46)44-30-28-39(33-47(44)53)38-29-31-50-40(32-38)27-24-36-13-4-10-21-49(36)56(50)52-54-48-20-9-7-17-45(48)51(55-52)37-25-22-35(23-26-37)42-18-11-14-34-12-3-5-15-41(34)42/h3-33H,1-2H3. The summed E-state index contributed by atoms with van der Waals surface area (Å²) in [6, 6.07) is 63.4. The number of hydrogen-bond donors (Lipinski definition) is 0. The van der Waals surface area contributed by atoms with Crippen molar-refractivity contribution in [3.05, 3.63) is 198 Å². The molecule has 0 N–H and O–H groups in total. The zero-order valence-electron chi connectivity index (χ0n) is 31.2. The second kappa shape index (κ2) is 12.5. The van der Waals surface area contributed by atoms with Crippen molar-refractivity contribution in [2.45, 2.75) is 19.3 Å². The van der Waals surface area contributed by atoms with E-state index < -0.39 is 0 Å². The molecule has 3 heteroatoms. The molecule has 2 aliphatic rings. The Labute approximate surface area is 326 Å². The minimum Gasteiger partial charge on any atom is -0.278 e. The van der Waals surface area contributed by atoms with E-state index in [1.807, 2.05) is 0 Å². The molecule has 0 radical (unpaired) electrons. The summed E-state index contributed by atoms with van der Waals surface area (Å²) in [5.41, 5.74) is 17.3. The van der Waals surface area contributed by atoms with E-state index in [9.17, 15) is 0 Å². The highest BCUT2D eigenvalue weighted by molar-refractivity contribution is 5.99. The van der Waals surface area contributed by atoms with Crippen LogP contribution in [0.15, 0.2) is 176 Å². The molecule has 11 rings (SSSR count). The van der Waals surface area contributed by atoms with Crippen LogP contribution in [0.4, 0.5) is 17.3 Å². The maximum atomic E-state index is 5.43. The molecule has 1 aliphatic carbocycles. The number of anilines is 3. The van der Waals surface area contributed by atoms with Crippen molar-refractivity contribution in [1.29, 1.82) is 0 Å². The lowest BCUT2D eigenvalue weighted by molar-refractivity contribution is 0.660. The number of para-hydroxylation sites is 2. The molecule has 0 saturated heterocycles. The molecule has 0 unspecified atom stereocenters. The van der Waals surface area contributed by atoms with Gasteiger partial charge < -0.3 is 0 Å². The first-order chi connectivity index (χ1) is 27.5. The topological polar surface area (TPSA) is 29.0 Å². The van der Waals surface area contributed by atoms with Crippen molar-refractivity contribution in [2.24, 2.45) is 0 Å². The summed E-state index contributed by atoms with van der Waals surface area (Å²) in [5, 5.41) is 3.51. The van der Waals surface area contributed by atoms with Crippen molar-refractivity contribution in [3.8, 4) is 44.6 Å². The van der Waals surface area contributed by atoms with Gasteiger partial charge in [-0.05, 0) is 96.7 Å². The Morgan fingerprint density at radius 2 is 1.05 bits per heavy atom. The van der Waals surface area contributed by atoms with Gasteiger partial charge in [-0.15, -0.1) is 0 Å². The Morgan fingerprint density at radius 1 is 0.429 bits per heavy atom. The molecule has 0 atom stereocenters. The molecule has 56 heavy (non-hydrogen) atoms. The first-order valence-electron chi connectivity index (χ1n) is 19.3. The van der Waals surface area contributed by atoms with Gasteiger partial charge in [0.15, 0.2) is 0 Å². The van der Waals surface area contributed by atoms with E-state index in [4.69, 9.17) is 9.97 Å². The highest BCUT2D eigenvalue weighted by Gasteiger charge is 2.35. The zero-order chi connectivity index (χ0) is 37.4. The van der Waals surface area contributed by atoms with Gasteiger partial charge >= 0.3 is 0 Å². The second-order valence-corrected chi connectivity index (χ2v) is 15.4. The Hall–Kier alpha value is -7.10. The van der Waals surface area contributed by atoms with E-state index in [2.05, 4.69) is 207 Å². The predicted octanol–water partition coefficient (Wildman–Crippen LogP) is 14.0. The van der Waals surface area contributed by atoms with Crippen LogP contribution in [0.5, 0.6) is 0 Å². The number of aromatic nitrogens is 2. The summed E-state index contributed by atoms with van der Waals surface area (Å²) in [7, 11) is 0. The molecule has 8 aromatic carbocycles. The molecule has 9 aromatic rings. The first-order valence-corrected chi connectivity index (χ1v) is 19.3. The first kappa shape index (κ1) is 32.3. The van der Waals surface area contributed by atoms with Gasteiger partial charge in [0, 0.05) is 16.4 Å². The summed E-state index contributed by atoms with van der Waals surface area (Å²) in [6.07, 6.45) is 4.45. The van der Waals surface area contributed by atoms with Gasteiger partial charge in [0.05, 0.1) is 22.6 Å². The highest BCUT2D eigenvalue weighted by atomic mass is 15.3. The monoisotopic (exact) mass is 715 g/mol. The van der Waals surface area contributed by atoms with E-state index in [1.54, 1.807) is 0 Å². The van der Waals surface area contributed by atoms with E-state index >= 15 is 0 Å². The van der Waals surface area contributed by atoms with Gasteiger partial charge in [-0.1, -0.05) is 172 Å². The average molecular weight is 716 g/mol. The quantitative estimate of drug-likeness (QED) is 0.182. The van der Waals surface area contributed by atoms with Gasteiger partial charge in [0.25, 0.3) is 0 Å². The summed E-state index contributed by atoms with van der Waals surface area (Å²) < 4.78 is 0.